The molecule has 0 bridgehead atoms. The van der Waals surface area contributed by atoms with E-state index in [1.165, 1.54) is 12.0 Å². The van der Waals surface area contributed by atoms with E-state index in [1.807, 2.05) is 12.1 Å². The molecule has 96 valence electrons. The van der Waals surface area contributed by atoms with E-state index < -0.39 is 0 Å². The van der Waals surface area contributed by atoms with Crippen molar-refractivity contribution in [3.63, 3.8) is 0 Å². The van der Waals surface area contributed by atoms with Crippen molar-refractivity contribution in [1.82, 2.24) is 15.2 Å². The number of carbonyl (C=O) groups excluding carboxylic acids is 1. The quantitative estimate of drug-likeness (QED) is 0.855. The van der Waals surface area contributed by atoms with Crippen LogP contribution in [-0.2, 0) is 11.3 Å². The summed E-state index contributed by atoms with van der Waals surface area (Å²) in [6, 6.07) is 3.99. The molecule has 2 aliphatic heterocycles. The molecule has 1 aromatic rings. The molecule has 1 atom stereocenters. The first-order valence-corrected chi connectivity index (χ1v) is 6.70. The van der Waals surface area contributed by atoms with Gasteiger partial charge in [0.2, 0.25) is 5.91 Å². The van der Waals surface area contributed by atoms with Crippen LogP contribution in [0.25, 0.3) is 0 Å². The Morgan fingerprint density at radius 3 is 2.89 bits per heavy atom. The van der Waals surface area contributed by atoms with Crippen LogP contribution in [0.15, 0.2) is 24.5 Å². The smallest absolute Gasteiger partial charge is 0.223 e. The Hall–Kier alpha value is -1.42. The number of likely N-dealkylation sites (tertiary alicyclic amines) is 1. The number of hydrogen-bond donors (Lipinski definition) is 1. The standard InChI is InChI=1S/C14H19N3O/c18-13-2-6-14(5-1-7-16-11-14)17(13)10-12-3-8-15-9-4-12/h3-4,8-9,16H,1-2,5-7,10-11H2/t14-/m0/s1. The molecule has 3 rings (SSSR count). The van der Waals surface area contributed by atoms with Gasteiger partial charge in [-0.15, -0.1) is 0 Å². The Kier molecular flexibility index (Phi) is 3.04. The molecule has 4 nitrogen and oxygen atoms in total. The predicted octanol–water partition coefficient (Wildman–Crippen LogP) is 1.33. The first kappa shape index (κ1) is 11.7. The van der Waals surface area contributed by atoms with Crippen LogP contribution in [0, 0.1) is 0 Å². The minimum atomic E-state index is 0.0681. The van der Waals surface area contributed by atoms with E-state index in [9.17, 15) is 4.79 Å². The van der Waals surface area contributed by atoms with Crippen LogP contribution in [0.1, 0.15) is 31.2 Å². The lowest BCUT2D eigenvalue weighted by molar-refractivity contribution is -0.132. The van der Waals surface area contributed by atoms with Gasteiger partial charge in [-0.1, -0.05) is 0 Å². The van der Waals surface area contributed by atoms with Gasteiger partial charge in [0.25, 0.3) is 0 Å². The molecular formula is C14H19N3O. The van der Waals surface area contributed by atoms with Crippen molar-refractivity contribution in [2.75, 3.05) is 13.1 Å². The number of hydrogen-bond acceptors (Lipinski definition) is 3. The summed E-state index contributed by atoms with van der Waals surface area (Å²) in [5.41, 5.74) is 1.24. The van der Waals surface area contributed by atoms with Gasteiger partial charge in [0.1, 0.15) is 0 Å². The third-order valence-corrected chi connectivity index (χ3v) is 4.22. The Morgan fingerprint density at radius 1 is 1.33 bits per heavy atom. The van der Waals surface area contributed by atoms with Crippen molar-refractivity contribution >= 4 is 5.91 Å². The van der Waals surface area contributed by atoms with Crippen LogP contribution in [0.4, 0.5) is 0 Å². The molecule has 0 aliphatic carbocycles. The summed E-state index contributed by atoms with van der Waals surface area (Å²) in [5.74, 6) is 0.301. The lowest BCUT2D eigenvalue weighted by Crippen LogP contribution is -2.54. The first-order chi connectivity index (χ1) is 8.80. The number of aromatic nitrogens is 1. The van der Waals surface area contributed by atoms with Crippen molar-refractivity contribution in [1.29, 1.82) is 0 Å². The molecule has 1 spiro atoms. The van der Waals surface area contributed by atoms with Gasteiger partial charge >= 0.3 is 0 Å². The van der Waals surface area contributed by atoms with Crippen molar-refractivity contribution in [2.24, 2.45) is 0 Å². The summed E-state index contributed by atoms with van der Waals surface area (Å²) in [5, 5.41) is 3.45. The summed E-state index contributed by atoms with van der Waals surface area (Å²) in [6.07, 6.45) is 7.59. The van der Waals surface area contributed by atoms with Gasteiger partial charge in [-0.05, 0) is 43.5 Å². The summed E-state index contributed by atoms with van der Waals surface area (Å²) in [4.78, 5) is 18.3. The van der Waals surface area contributed by atoms with Gasteiger partial charge in [-0.3, -0.25) is 9.78 Å². The van der Waals surface area contributed by atoms with Crippen LogP contribution < -0.4 is 5.32 Å². The predicted molar refractivity (Wildman–Crippen MR) is 68.9 cm³/mol. The van der Waals surface area contributed by atoms with Gasteiger partial charge in [0.05, 0.1) is 5.54 Å². The largest absolute Gasteiger partial charge is 0.331 e. The van der Waals surface area contributed by atoms with E-state index in [1.54, 1.807) is 12.4 Å². The lowest BCUT2D eigenvalue weighted by Gasteiger charge is -2.42. The number of rotatable bonds is 2. The molecule has 2 fully saturated rings. The van der Waals surface area contributed by atoms with E-state index in [-0.39, 0.29) is 5.54 Å². The number of pyridine rings is 1. The number of nitrogens with one attached hydrogen (secondary N) is 1. The van der Waals surface area contributed by atoms with E-state index in [2.05, 4.69) is 15.2 Å². The molecule has 0 radical (unpaired) electrons. The first-order valence-electron chi connectivity index (χ1n) is 6.70. The Labute approximate surface area is 107 Å². The van der Waals surface area contributed by atoms with Crippen molar-refractivity contribution in [3.8, 4) is 0 Å². The van der Waals surface area contributed by atoms with Crippen molar-refractivity contribution < 1.29 is 4.79 Å². The van der Waals surface area contributed by atoms with Crippen LogP contribution in [0.5, 0.6) is 0 Å². The van der Waals surface area contributed by atoms with Crippen LogP contribution in [0.2, 0.25) is 0 Å². The van der Waals surface area contributed by atoms with Gasteiger partial charge in [0.15, 0.2) is 0 Å². The third-order valence-electron chi connectivity index (χ3n) is 4.22. The molecule has 3 heterocycles. The number of carbonyl (C=O) groups is 1. The average molecular weight is 245 g/mol. The highest BCUT2D eigenvalue weighted by molar-refractivity contribution is 5.79. The average Bonchev–Trinajstić information content (AvgIpc) is 2.71. The molecule has 1 amide bonds. The van der Waals surface area contributed by atoms with Crippen LogP contribution in [0.3, 0.4) is 0 Å². The molecule has 2 saturated heterocycles. The second-order valence-corrected chi connectivity index (χ2v) is 5.34. The number of nitrogens with zero attached hydrogens (tertiary/aromatic N) is 2. The summed E-state index contributed by atoms with van der Waals surface area (Å²) in [7, 11) is 0. The Bertz CT molecular complexity index is 426. The topological polar surface area (TPSA) is 45.2 Å². The molecule has 0 saturated carbocycles. The molecule has 0 unspecified atom stereocenters. The van der Waals surface area contributed by atoms with E-state index in [4.69, 9.17) is 0 Å². The lowest BCUT2D eigenvalue weighted by atomic mass is 9.87. The highest BCUT2D eigenvalue weighted by Gasteiger charge is 2.45. The SMILES string of the molecule is O=C1CC[C@]2(CCCNC2)N1Cc1ccncc1. The monoisotopic (exact) mass is 245 g/mol. The second kappa shape index (κ2) is 4.69. The summed E-state index contributed by atoms with van der Waals surface area (Å²) >= 11 is 0. The highest BCUT2D eigenvalue weighted by Crippen LogP contribution is 2.36. The van der Waals surface area contributed by atoms with Gasteiger partial charge in [-0.2, -0.15) is 0 Å². The zero-order chi connectivity index (χ0) is 12.4. The molecule has 2 aliphatic rings. The number of piperidine rings is 1. The fourth-order valence-corrected chi connectivity index (χ4v) is 3.20. The fourth-order valence-electron chi connectivity index (χ4n) is 3.20. The molecule has 18 heavy (non-hydrogen) atoms. The van der Waals surface area contributed by atoms with Crippen LogP contribution in [-0.4, -0.2) is 34.4 Å². The van der Waals surface area contributed by atoms with Crippen LogP contribution >= 0.6 is 0 Å². The third kappa shape index (κ3) is 2.01. The zero-order valence-electron chi connectivity index (χ0n) is 10.6. The second-order valence-electron chi connectivity index (χ2n) is 5.34. The Balaban J connectivity index is 1.81. The maximum atomic E-state index is 12.1. The van der Waals surface area contributed by atoms with E-state index in [0.29, 0.717) is 12.3 Å². The molecular weight excluding hydrogens is 226 g/mol. The minimum absolute atomic E-state index is 0.0681. The Morgan fingerprint density at radius 2 is 2.17 bits per heavy atom. The van der Waals surface area contributed by atoms with Gasteiger partial charge < -0.3 is 10.2 Å². The van der Waals surface area contributed by atoms with E-state index >= 15 is 0 Å². The van der Waals surface area contributed by atoms with Gasteiger partial charge in [0, 0.05) is 31.9 Å². The summed E-state index contributed by atoms with van der Waals surface area (Å²) in [6.45, 7) is 2.76. The number of amides is 1. The van der Waals surface area contributed by atoms with Crippen molar-refractivity contribution in [3.05, 3.63) is 30.1 Å². The zero-order valence-corrected chi connectivity index (χ0v) is 10.6. The highest BCUT2D eigenvalue weighted by atomic mass is 16.2. The van der Waals surface area contributed by atoms with E-state index in [0.717, 1.165) is 32.5 Å². The molecule has 4 heteroatoms. The van der Waals surface area contributed by atoms with Crippen molar-refractivity contribution in [2.45, 2.75) is 37.8 Å². The molecule has 1 aromatic heterocycles. The normalized spacial score (nSPS) is 28.0. The summed E-state index contributed by atoms with van der Waals surface area (Å²) < 4.78 is 0. The minimum Gasteiger partial charge on any atom is -0.331 e. The maximum Gasteiger partial charge on any atom is 0.223 e. The molecule has 0 aromatic carbocycles. The molecule has 1 N–H and O–H groups in total. The maximum absolute atomic E-state index is 12.1. The fraction of sp³-hybridized carbons (Fsp3) is 0.571. The van der Waals surface area contributed by atoms with Gasteiger partial charge in [-0.25, -0.2) is 0 Å².